The number of halogens is 3. The number of hydrogen-bond acceptors (Lipinski definition) is 5. The van der Waals surface area contributed by atoms with Gasteiger partial charge in [0, 0.05) is 10.9 Å². The van der Waals surface area contributed by atoms with Crippen LogP contribution in [-0.2, 0) is 11.0 Å². The van der Waals surface area contributed by atoms with Gasteiger partial charge in [-0.15, -0.1) is 11.3 Å². The minimum atomic E-state index is -4.51. The van der Waals surface area contributed by atoms with Gasteiger partial charge in [0.1, 0.15) is 12.7 Å². The summed E-state index contributed by atoms with van der Waals surface area (Å²) in [5.41, 5.74) is -0.475. The van der Waals surface area contributed by atoms with Crippen molar-refractivity contribution in [1.29, 1.82) is 0 Å². The number of thiophene rings is 1. The Labute approximate surface area is 169 Å². The van der Waals surface area contributed by atoms with Gasteiger partial charge in [-0.3, -0.25) is 9.69 Å². The van der Waals surface area contributed by atoms with Crippen LogP contribution in [0.2, 0.25) is 0 Å². The fourth-order valence-corrected chi connectivity index (χ4v) is 4.43. The maximum absolute atomic E-state index is 13.2. The molecule has 4 rings (SSSR count). The summed E-state index contributed by atoms with van der Waals surface area (Å²) in [6.07, 6.45) is 0.0649. The van der Waals surface area contributed by atoms with E-state index in [1.807, 2.05) is 17.5 Å². The molecule has 0 aliphatic carbocycles. The van der Waals surface area contributed by atoms with Gasteiger partial charge >= 0.3 is 6.18 Å². The quantitative estimate of drug-likeness (QED) is 0.673. The van der Waals surface area contributed by atoms with Gasteiger partial charge in [-0.25, -0.2) is 9.67 Å². The summed E-state index contributed by atoms with van der Waals surface area (Å²) < 4.78 is 40.8. The standard InChI is InChI=1S/C19H18F3N5OS/c20-19(21,22)13-5-6-15(27-12-23-11-24-27)14(9-13)25-18(28)10-26-7-1-3-16(26)17-4-2-8-29-17/h2,4-6,8-9,11-12,16H,1,3,7,10H2,(H,25,28)/t16-/m1/s1. The van der Waals surface area contributed by atoms with Crippen molar-refractivity contribution in [1.82, 2.24) is 19.7 Å². The predicted octanol–water partition coefficient (Wildman–Crippen LogP) is 4.12. The van der Waals surface area contributed by atoms with Gasteiger partial charge in [0.25, 0.3) is 0 Å². The zero-order valence-electron chi connectivity index (χ0n) is 15.3. The van der Waals surface area contributed by atoms with Crippen LogP contribution in [0.15, 0.2) is 48.4 Å². The van der Waals surface area contributed by atoms with E-state index in [9.17, 15) is 18.0 Å². The van der Waals surface area contributed by atoms with Crippen LogP contribution in [0.3, 0.4) is 0 Å². The molecule has 1 fully saturated rings. The van der Waals surface area contributed by atoms with Crippen LogP contribution in [0.1, 0.15) is 29.3 Å². The van der Waals surface area contributed by atoms with Crippen molar-refractivity contribution in [3.05, 3.63) is 58.8 Å². The third-order valence-electron chi connectivity index (χ3n) is 4.85. The molecule has 3 heterocycles. The first-order valence-corrected chi connectivity index (χ1v) is 9.93. The van der Waals surface area contributed by atoms with Gasteiger partial charge in [0.15, 0.2) is 0 Å². The summed E-state index contributed by atoms with van der Waals surface area (Å²) in [6.45, 7) is 0.879. The smallest absolute Gasteiger partial charge is 0.323 e. The molecule has 2 aromatic heterocycles. The van der Waals surface area contributed by atoms with Crippen LogP contribution < -0.4 is 5.32 Å². The van der Waals surface area contributed by atoms with E-state index in [1.54, 1.807) is 11.3 Å². The van der Waals surface area contributed by atoms with E-state index in [-0.39, 0.29) is 24.2 Å². The summed E-state index contributed by atoms with van der Waals surface area (Å²) in [4.78, 5) is 19.8. The number of nitrogens with zero attached hydrogens (tertiary/aromatic N) is 4. The number of alkyl halides is 3. The fourth-order valence-electron chi connectivity index (χ4n) is 3.54. The molecule has 1 aliphatic heterocycles. The van der Waals surface area contributed by atoms with Crippen LogP contribution in [0.25, 0.3) is 5.69 Å². The molecule has 1 saturated heterocycles. The van der Waals surface area contributed by atoms with Crippen LogP contribution in [-0.4, -0.2) is 38.7 Å². The highest BCUT2D eigenvalue weighted by Gasteiger charge is 2.32. The molecule has 10 heteroatoms. The maximum Gasteiger partial charge on any atom is 0.416 e. The molecular formula is C19H18F3N5OS. The van der Waals surface area contributed by atoms with Crippen molar-refractivity contribution in [2.75, 3.05) is 18.4 Å². The molecule has 6 nitrogen and oxygen atoms in total. The SMILES string of the molecule is O=C(CN1CCC[C@@H]1c1cccs1)Nc1cc(C(F)(F)F)ccc1-n1cncn1. The van der Waals surface area contributed by atoms with E-state index in [2.05, 4.69) is 20.3 Å². The summed E-state index contributed by atoms with van der Waals surface area (Å²) in [5, 5.41) is 8.60. The van der Waals surface area contributed by atoms with Crippen molar-refractivity contribution in [2.24, 2.45) is 0 Å². The molecule has 0 spiro atoms. The molecule has 29 heavy (non-hydrogen) atoms. The minimum Gasteiger partial charge on any atom is -0.323 e. The lowest BCUT2D eigenvalue weighted by molar-refractivity contribution is -0.137. The Morgan fingerprint density at radius 2 is 2.17 bits per heavy atom. The summed E-state index contributed by atoms with van der Waals surface area (Å²) in [7, 11) is 0. The highest BCUT2D eigenvalue weighted by Crippen LogP contribution is 2.35. The fraction of sp³-hybridized carbons (Fsp3) is 0.316. The number of aromatic nitrogens is 3. The van der Waals surface area contributed by atoms with Crippen molar-refractivity contribution in [3.8, 4) is 5.69 Å². The van der Waals surface area contributed by atoms with Crippen molar-refractivity contribution in [3.63, 3.8) is 0 Å². The maximum atomic E-state index is 13.2. The van der Waals surface area contributed by atoms with Crippen LogP contribution >= 0.6 is 11.3 Å². The third-order valence-corrected chi connectivity index (χ3v) is 5.82. The largest absolute Gasteiger partial charge is 0.416 e. The Bertz CT molecular complexity index is 972. The lowest BCUT2D eigenvalue weighted by Gasteiger charge is -2.23. The number of carbonyl (C=O) groups excluding carboxylic acids is 1. The Hall–Kier alpha value is -2.72. The zero-order valence-corrected chi connectivity index (χ0v) is 16.1. The van der Waals surface area contributed by atoms with Gasteiger partial charge < -0.3 is 5.32 Å². The van der Waals surface area contributed by atoms with E-state index in [1.165, 1.54) is 28.3 Å². The first-order chi connectivity index (χ1) is 13.9. The van der Waals surface area contributed by atoms with Crippen molar-refractivity contribution >= 4 is 22.9 Å². The molecule has 1 aromatic carbocycles. The molecule has 0 unspecified atom stereocenters. The van der Waals surface area contributed by atoms with Crippen LogP contribution in [0.5, 0.6) is 0 Å². The van der Waals surface area contributed by atoms with Crippen molar-refractivity contribution in [2.45, 2.75) is 25.1 Å². The molecule has 0 saturated carbocycles. The summed E-state index contributed by atoms with van der Waals surface area (Å²) in [5.74, 6) is -0.367. The second kappa shape index (κ2) is 7.96. The molecule has 3 aromatic rings. The highest BCUT2D eigenvalue weighted by molar-refractivity contribution is 7.10. The highest BCUT2D eigenvalue weighted by atomic mass is 32.1. The average molecular weight is 421 g/mol. The van der Waals surface area contributed by atoms with Crippen LogP contribution in [0.4, 0.5) is 18.9 Å². The summed E-state index contributed by atoms with van der Waals surface area (Å²) >= 11 is 1.64. The second-order valence-corrected chi connectivity index (χ2v) is 7.74. The molecule has 0 bridgehead atoms. The molecule has 1 N–H and O–H groups in total. The van der Waals surface area contributed by atoms with Gasteiger partial charge in [0.2, 0.25) is 5.91 Å². The number of anilines is 1. The van der Waals surface area contributed by atoms with E-state index < -0.39 is 11.7 Å². The number of benzene rings is 1. The van der Waals surface area contributed by atoms with E-state index in [4.69, 9.17) is 0 Å². The number of carbonyl (C=O) groups is 1. The Kier molecular flexibility index (Phi) is 5.37. The Morgan fingerprint density at radius 3 is 2.86 bits per heavy atom. The minimum absolute atomic E-state index is 0.0437. The van der Waals surface area contributed by atoms with E-state index in [0.29, 0.717) is 5.69 Å². The number of likely N-dealkylation sites (tertiary alicyclic amines) is 1. The third kappa shape index (κ3) is 4.33. The zero-order chi connectivity index (χ0) is 20.4. The Morgan fingerprint density at radius 1 is 1.31 bits per heavy atom. The molecule has 1 atom stereocenters. The number of hydrogen-bond donors (Lipinski definition) is 1. The lowest BCUT2D eigenvalue weighted by Crippen LogP contribution is -2.33. The van der Waals surface area contributed by atoms with Gasteiger partial charge in [-0.05, 0) is 49.0 Å². The van der Waals surface area contributed by atoms with Crippen molar-refractivity contribution < 1.29 is 18.0 Å². The number of rotatable bonds is 5. The molecule has 152 valence electrons. The van der Waals surface area contributed by atoms with Crippen LogP contribution in [0, 0.1) is 0 Å². The first kappa shape index (κ1) is 19.6. The monoisotopic (exact) mass is 421 g/mol. The predicted molar refractivity (Wildman–Crippen MR) is 103 cm³/mol. The van der Waals surface area contributed by atoms with Gasteiger partial charge in [0.05, 0.1) is 23.5 Å². The number of amides is 1. The normalized spacial score (nSPS) is 17.6. The van der Waals surface area contributed by atoms with Gasteiger partial charge in [-0.1, -0.05) is 6.07 Å². The first-order valence-electron chi connectivity index (χ1n) is 9.05. The second-order valence-electron chi connectivity index (χ2n) is 6.76. The van der Waals surface area contributed by atoms with E-state index >= 15 is 0 Å². The molecule has 1 amide bonds. The molecular weight excluding hydrogens is 403 g/mol. The average Bonchev–Trinajstić information content (AvgIpc) is 3.43. The van der Waals surface area contributed by atoms with Gasteiger partial charge in [-0.2, -0.15) is 18.3 Å². The molecule has 1 aliphatic rings. The lowest BCUT2D eigenvalue weighted by atomic mass is 10.1. The Balaban J connectivity index is 1.55. The summed E-state index contributed by atoms with van der Waals surface area (Å²) in [6, 6.07) is 7.34. The topological polar surface area (TPSA) is 63.1 Å². The van der Waals surface area contributed by atoms with E-state index in [0.717, 1.165) is 31.5 Å². The number of nitrogens with one attached hydrogen (secondary N) is 1. The molecule has 0 radical (unpaired) electrons.